The number of carbonyl (C=O) groups is 2. The number of hydrogen-bond acceptors (Lipinski definition) is 4. The summed E-state index contributed by atoms with van der Waals surface area (Å²) < 4.78 is 1.70. The molecule has 2 aliphatic heterocycles. The van der Waals surface area contributed by atoms with Gasteiger partial charge in [0.05, 0.1) is 6.04 Å². The second-order valence-corrected chi connectivity index (χ2v) is 6.55. The lowest BCUT2D eigenvalue weighted by Gasteiger charge is -2.39. The topological polar surface area (TPSA) is 79.3 Å². The van der Waals surface area contributed by atoms with Crippen LogP contribution in [-0.2, 0) is 11.8 Å². The Labute approximate surface area is 136 Å². The van der Waals surface area contributed by atoms with Gasteiger partial charge in [-0.05, 0) is 45.2 Å². The lowest BCUT2D eigenvalue weighted by Crippen LogP contribution is -2.56. The monoisotopic (exact) mass is 319 g/mol. The van der Waals surface area contributed by atoms with Gasteiger partial charge in [-0.2, -0.15) is 5.10 Å². The highest BCUT2D eigenvalue weighted by Crippen LogP contribution is 2.18. The third-order valence-electron chi connectivity index (χ3n) is 4.83. The molecule has 1 aromatic heterocycles. The molecule has 7 heteroatoms. The van der Waals surface area contributed by atoms with Crippen molar-refractivity contribution in [2.75, 3.05) is 19.6 Å². The summed E-state index contributed by atoms with van der Waals surface area (Å²) in [4.78, 5) is 26.6. The summed E-state index contributed by atoms with van der Waals surface area (Å²) in [5.74, 6) is -0.00257. The number of hydrogen-bond donors (Lipinski definition) is 2. The summed E-state index contributed by atoms with van der Waals surface area (Å²) in [5, 5.41) is 10.2. The van der Waals surface area contributed by atoms with Crippen LogP contribution in [0.3, 0.4) is 0 Å². The SMILES string of the molecule is Cc1cc(C(=O)NC2CCCN(C3CCCNC3=O)C2)nn1C. The second-order valence-electron chi connectivity index (χ2n) is 6.55. The van der Waals surface area contributed by atoms with Crippen LogP contribution in [0.2, 0.25) is 0 Å². The van der Waals surface area contributed by atoms with Gasteiger partial charge >= 0.3 is 0 Å². The number of nitrogens with one attached hydrogen (secondary N) is 2. The molecule has 2 N–H and O–H groups in total. The highest BCUT2D eigenvalue weighted by atomic mass is 16.2. The Hall–Kier alpha value is -1.89. The molecule has 0 saturated carbocycles. The second kappa shape index (κ2) is 6.70. The van der Waals surface area contributed by atoms with Crippen LogP contribution in [0.15, 0.2) is 6.07 Å². The maximum absolute atomic E-state index is 12.3. The van der Waals surface area contributed by atoms with E-state index in [0.29, 0.717) is 5.69 Å². The maximum Gasteiger partial charge on any atom is 0.272 e. The van der Waals surface area contributed by atoms with Gasteiger partial charge in [0, 0.05) is 31.9 Å². The molecule has 126 valence electrons. The minimum Gasteiger partial charge on any atom is -0.355 e. The van der Waals surface area contributed by atoms with E-state index < -0.39 is 0 Å². The van der Waals surface area contributed by atoms with Crippen LogP contribution in [0.25, 0.3) is 0 Å². The first-order valence-corrected chi connectivity index (χ1v) is 8.38. The molecule has 2 aliphatic rings. The third kappa shape index (κ3) is 3.55. The van der Waals surface area contributed by atoms with E-state index in [9.17, 15) is 9.59 Å². The lowest BCUT2D eigenvalue weighted by atomic mass is 9.99. The summed E-state index contributed by atoms with van der Waals surface area (Å²) in [7, 11) is 1.83. The van der Waals surface area contributed by atoms with E-state index in [1.807, 2.05) is 14.0 Å². The molecule has 0 aliphatic carbocycles. The van der Waals surface area contributed by atoms with Gasteiger partial charge in [-0.3, -0.25) is 19.2 Å². The molecule has 2 unspecified atom stereocenters. The number of rotatable bonds is 3. The maximum atomic E-state index is 12.3. The van der Waals surface area contributed by atoms with Crippen molar-refractivity contribution >= 4 is 11.8 Å². The Balaban J connectivity index is 1.60. The van der Waals surface area contributed by atoms with Gasteiger partial charge in [0.15, 0.2) is 0 Å². The predicted octanol–water partition coefficient (Wildman–Crippen LogP) is 0.201. The summed E-state index contributed by atoms with van der Waals surface area (Å²) in [6.07, 6.45) is 3.88. The molecule has 1 aromatic rings. The van der Waals surface area contributed by atoms with Crippen LogP contribution in [0.4, 0.5) is 0 Å². The zero-order chi connectivity index (χ0) is 16.4. The zero-order valence-electron chi connectivity index (χ0n) is 13.8. The molecule has 23 heavy (non-hydrogen) atoms. The molecule has 2 atom stereocenters. The number of aromatic nitrogens is 2. The van der Waals surface area contributed by atoms with Crippen LogP contribution in [0.5, 0.6) is 0 Å². The smallest absolute Gasteiger partial charge is 0.272 e. The molecule has 2 amide bonds. The fourth-order valence-corrected chi connectivity index (χ4v) is 3.44. The molecular formula is C16H25N5O2. The Morgan fingerprint density at radius 2 is 2.22 bits per heavy atom. The quantitative estimate of drug-likeness (QED) is 0.834. The van der Waals surface area contributed by atoms with Crippen molar-refractivity contribution in [2.45, 2.75) is 44.7 Å². The van der Waals surface area contributed by atoms with Crippen LogP contribution in [0, 0.1) is 6.92 Å². The van der Waals surface area contributed by atoms with Gasteiger partial charge in [-0.15, -0.1) is 0 Å². The molecule has 3 heterocycles. The minimum absolute atomic E-state index is 0.0412. The fraction of sp³-hybridized carbons (Fsp3) is 0.688. The molecule has 2 fully saturated rings. The lowest BCUT2D eigenvalue weighted by molar-refractivity contribution is -0.128. The summed E-state index contributed by atoms with van der Waals surface area (Å²) in [5.41, 5.74) is 1.41. The van der Waals surface area contributed by atoms with Gasteiger partial charge in [-0.25, -0.2) is 0 Å². The van der Waals surface area contributed by atoms with E-state index in [4.69, 9.17) is 0 Å². The van der Waals surface area contributed by atoms with Crippen LogP contribution in [-0.4, -0.2) is 58.2 Å². The van der Waals surface area contributed by atoms with Crippen molar-refractivity contribution in [3.8, 4) is 0 Å². The van der Waals surface area contributed by atoms with Crippen molar-refractivity contribution in [1.29, 1.82) is 0 Å². The zero-order valence-corrected chi connectivity index (χ0v) is 13.8. The van der Waals surface area contributed by atoms with Gasteiger partial charge in [-0.1, -0.05) is 0 Å². The van der Waals surface area contributed by atoms with Crippen molar-refractivity contribution in [1.82, 2.24) is 25.3 Å². The van der Waals surface area contributed by atoms with Crippen LogP contribution >= 0.6 is 0 Å². The molecule has 0 radical (unpaired) electrons. The van der Waals surface area contributed by atoms with E-state index in [1.54, 1.807) is 10.7 Å². The van der Waals surface area contributed by atoms with Crippen molar-refractivity contribution in [3.05, 3.63) is 17.5 Å². The average Bonchev–Trinajstić information content (AvgIpc) is 2.88. The van der Waals surface area contributed by atoms with E-state index in [0.717, 1.165) is 51.0 Å². The number of nitrogens with zero attached hydrogens (tertiary/aromatic N) is 3. The Bertz CT molecular complexity index is 578. The normalized spacial score (nSPS) is 25.9. The molecule has 2 saturated heterocycles. The minimum atomic E-state index is -0.131. The van der Waals surface area contributed by atoms with Gasteiger partial charge in [0.1, 0.15) is 5.69 Å². The molecule has 7 nitrogen and oxygen atoms in total. The molecule has 0 spiro atoms. The van der Waals surface area contributed by atoms with Crippen molar-refractivity contribution in [3.63, 3.8) is 0 Å². The van der Waals surface area contributed by atoms with E-state index in [-0.39, 0.29) is 23.9 Å². The first-order valence-electron chi connectivity index (χ1n) is 8.38. The number of aryl methyl sites for hydroxylation is 2. The van der Waals surface area contributed by atoms with Crippen LogP contribution in [0.1, 0.15) is 41.9 Å². The van der Waals surface area contributed by atoms with Gasteiger partial charge in [0.2, 0.25) is 5.91 Å². The molecular weight excluding hydrogens is 294 g/mol. The fourth-order valence-electron chi connectivity index (χ4n) is 3.44. The first-order chi connectivity index (χ1) is 11.0. The van der Waals surface area contributed by atoms with Crippen LogP contribution < -0.4 is 10.6 Å². The highest BCUT2D eigenvalue weighted by molar-refractivity contribution is 5.92. The van der Waals surface area contributed by atoms with Crippen molar-refractivity contribution < 1.29 is 9.59 Å². The Kier molecular flexibility index (Phi) is 4.66. The van der Waals surface area contributed by atoms with E-state index in [1.165, 1.54) is 0 Å². The number of carbonyl (C=O) groups excluding carboxylic acids is 2. The third-order valence-corrected chi connectivity index (χ3v) is 4.83. The Morgan fingerprint density at radius 1 is 1.39 bits per heavy atom. The highest BCUT2D eigenvalue weighted by Gasteiger charge is 2.32. The van der Waals surface area contributed by atoms with E-state index in [2.05, 4.69) is 20.6 Å². The van der Waals surface area contributed by atoms with E-state index >= 15 is 0 Å². The predicted molar refractivity (Wildman–Crippen MR) is 86.0 cm³/mol. The standard InChI is InChI=1S/C16H25N5O2/c1-11-9-13(19-20(11)2)15(22)18-12-5-4-8-21(10-12)14-6-3-7-17-16(14)23/h9,12,14H,3-8,10H2,1-2H3,(H,17,23)(H,18,22). The number of piperidine rings is 2. The summed E-state index contributed by atoms with van der Waals surface area (Å²) in [6, 6.07) is 1.83. The summed E-state index contributed by atoms with van der Waals surface area (Å²) in [6.45, 7) is 4.36. The van der Waals surface area contributed by atoms with Gasteiger partial charge < -0.3 is 10.6 Å². The molecule has 0 aromatic carbocycles. The first kappa shape index (κ1) is 16.0. The van der Waals surface area contributed by atoms with Gasteiger partial charge in [0.25, 0.3) is 5.91 Å². The largest absolute Gasteiger partial charge is 0.355 e. The number of amides is 2. The average molecular weight is 319 g/mol. The Morgan fingerprint density at radius 3 is 2.91 bits per heavy atom. The molecule has 0 bridgehead atoms. The van der Waals surface area contributed by atoms with Crippen molar-refractivity contribution in [2.24, 2.45) is 7.05 Å². The summed E-state index contributed by atoms with van der Waals surface area (Å²) >= 11 is 0. The number of likely N-dealkylation sites (tertiary alicyclic amines) is 1. The molecule has 3 rings (SSSR count).